The molecule has 0 saturated heterocycles. The van der Waals surface area contributed by atoms with Crippen LogP contribution in [0.15, 0.2) is 17.5 Å². The van der Waals surface area contributed by atoms with Crippen molar-refractivity contribution in [3.63, 3.8) is 0 Å². The Balaban J connectivity index is 2.47. The van der Waals surface area contributed by atoms with Crippen LogP contribution in [0, 0.1) is 0 Å². The highest BCUT2D eigenvalue weighted by Gasteiger charge is 2.18. The molecule has 0 spiro atoms. The number of thiophene rings is 1. The molecule has 0 bridgehead atoms. The van der Waals surface area contributed by atoms with Crippen molar-refractivity contribution >= 4 is 27.3 Å². The van der Waals surface area contributed by atoms with E-state index in [1.165, 1.54) is 0 Å². The summed E-state index contributed by atoms with van der Waals surface area (Å²) in [6.07, 6.45) is 0.460. The van der Waals surface area contributed by atoms with Crippen LogP contribution in [0.3, 0.4) is 0 Å². The van der Waals surface area contributed by atoms with E-state index in [-0.39, 0.29) is 30.5 Å². The summed E-state index contributed by atoms with van der Waals surface area (Å²) >= 11 is 1.60. The number of rotatable bonds is 6. The van der Waals surface area contributed by atoms with Crippen molar-refractivity contribution < 1.29 is 13.2 Å². The lowest BCUT2D eigenvalue weighted by Crippen LogP contribution is -2.29. The van der Waals surface area contributed by atoms with Crippen LogP contribution >= 0.6 is 11.3 Å². The Hall–Kier alpha value is -0.920. The first-order valence-corrected chi connectivity index (χ1v) is 8.20. The van der Waals surface area contributed by atoms with E-state index in [1.54, 1.807) is 23.3 Å². The maximum absolute atomic E-state index is 11.9. The molecule has 0 aliphatic carbocycles. The molecule has 1 rings (SSSR count). The van der Waals surface area contributed by atoms with Gasteiger partial charge in [0, 0.05) is 18.3 Å². The minimum absolute atomic E-state index is 0.00647. The normalized spacial score (nSPS) is 13.3. The highest BCUT2D eigenvalue weighted by molar-refractivity contribution is 7.89. The number of nitrogens with two attached hydrogens (primary N) is 1. The number of hydrogen-bond acceptors (Lipinski definition) is 4. The molecule has 5 nitrogen and oxygen atoms in total. The molecule has 0 radical (unpaired) electrons. The van der Waals surface area contributed by atoms with E-state index >= 15 is 0 Å². The van der Waals surface area contributed by atoms with Crippen molar-refractivity contribution in [3.8, 4) is 0 Å². The minimum Gasteiger partial charge on any atom is -0.338 e. The number of nitrogens with zero attached hydrogens (tertiary/aromatic N) is 1. The lowest BCUT2D eigenvalue weighted by Gasteiger charge is -2.24. The van der Waals surface area contributed by atoms with E-state index < -0.39 is 10.0 Å². The smallest absolute Gasteiger partial charge is 0.222 e. The second-order valence-electron chi connectivity index (χ2n) is 4.17. The van der Waals surface area contributed by atoms with Gasteiger partial charge in [-0.3, -0.25) is 4.79 Å². The first-order valence-electron chi connectivity index (χ1n) is 5.61. The molecule has 1 aromatic rings. The topological polar surface area (TPSA) is 80.5 Å². The Kier molecular flexibility index (Phi) is 5.30. The van der Waals surface area contributed by atoms with Crippen LogP contribution in [0.25, 0.3) is 0 Å². The van der Waals surface area contributed by atoms with Crippen LogP contribution in [0.1, 0.15) is 30.7 Å². The van der Waals surface area contributed by atoms with E-state index in [4.69, 9.17) is 5.14 Å². The molecule has 0 fully saturated rings. The fourth-order valence-corrected chi connectivity index (χ4v) is 2.91. The fraction of sp³-hybridized carbons (Fsp3) is 0.545. The average molecular weight is 290 g/mol. The Labute approximate surface area is 112 Å². The molecule has 7 heteroatoms. The van der Waals surface area contributed by atoms with Gasteiger partial charge >= 0.3 is 0 Å². The summed E-state index contributed by atoms with van der Waals surface area (Å²) in [6, 6.07) is 3.92. The molecule has 0 aliphatic heterocycles. The number of carbonyl (C=O) groups excluding carboxylic acids is 1. The minimum atomic E-state index is -3.48. The van der Waals surface area contributed by atoms with Crippen LogP contribution in [0.5, 0.6) is 0 Å². The van der Waals surface area contributed by atoms with Gasteiger partial charge in [-0.25, -0.2) is 13.6 Å². The van der Waals surface area contributed by atoms with Gasteiger partial charge in [0.15, 0.2) is 0 Å². The van der Waals surface area contributed by atoms with Gasteiger partial charge in [-0.05, 0) is 24.8 Å². The zero-order valence-corrected chi connectivity index (χ0v) is 12.1. The highest BCUT2D eigenvalue weighted by atomic mass is 32.2. The number of amides is 1. The van der Waals surface area contributed by atoms with Gasteiger partial charge in [0.25, 0.3) is 0 Å². The molecule has 1 amide bonds. The van der Waals surface area contributed by atoms with Gasteiger partial charge < -0.3 is 4.90 Å². The number of sulfonamides is 1. The number of primary sulfonamides is 1. The van der Waals surface area contributed by atoms with Gasteiger partial charge in [-0.1, -0.05) is 6.07 Å². The summed E-state index contributed by atoms with van der Waals surface area (Å²) < 4.78 is 21.5. The quantitative estimate of drug-likeness (QED) is 0.858. The summed E-state index contributed by atoms with van der Waals surface area (Å²) in [7, 11) is -1.75. The third-order valence-corrected chi connectivity index (χ3v) is 4.65. The van der Waals surface area contributed by atoms with Gasteiger partial charge in [0.1, 0.15) is 0 Å². The van der Waals surface area contributed by atoms with Gasteiger partial charge in [0.2, 0.25) is 15.9 Å². The van der Waals surface area contributed by atoms with Crippen LogP contribution in [-0.4, -0.2) is 32.0 Å². The average Bonchev–Trinajstić information content (AvgIpc) is 2.78. The Morgan fingerprint density at radius 3 is 2.72 bits per heavy atom. The summed E-state index contributed by atoms with van der Waals surface area (Å²) in [5.41, 5.74) is 0. The van der Waals surface area contributed by atoms with Crippen LogP contribution < -0.4 is 5.14 Å². The molecule has 2 N–H and O–H groups in total. The number of hydrogen-bond donors (Lipinski definition) is 1. The summed E-state index contributed by atoms with van der Waals surface area (Å²) in [6.45, 7) is 1.95. The van der Waals surface area contributed by atoms with Crippen molar-refractivity contribution in [3.05, 3.63) is 22.4 Å². The lowest BCUT2D eigenvalue weighted by atomic mass is 10.2. The first kappa shape index (κ1) is 15.1. The zero-order valence-electron chi connectivity index (χ0n) is 10.5. The predicted molar refractivity (Wildman–Crippen MR) is 72.7 cm³/mol. The zero-order chi connectivity index (χ0) is 13.8. The summed E-state index contributed by atoms with van der Waals surface area (Å²) in [5, 5.41) is 6.85. The summed E-state index contributed by atoms with van der Waals surface area (Å²) in [5.74, 6) is -0.223. The second kappa shape index (κ2) is 6.31. The van der Waals surface area contributed by atoms with Crippen molar-refractivity contribution in [2.24, 2.45) is 5.14 Å². The number of carbonyl (C=O) groups is 1. The molecule has 18 heavy (non-hydrogen) atoms. The van der Waals surface area contributed by atoms with E-state index in [1.807, 2.05) is 24.4 Å². The van der Waals surface area contributed by atoms with Crippen LogP contribution in [0.2, 0.25) is 0 Å². The van der Waals surface area contributed by atoms with Crippen LogP contribution in [-0.2, 0) is 14.8 Å². The Morgan fingerprint density at radius 1 is 1.56 bits per heavy atom. The van der Waals surface area contributed by atoms with Crippen molar-refractivity contribution in [2.45, 2.75) is 25.8 Å². The molecule has 1 heterocycles. The summed E-state index contributed by atoms with van der Waals surface area (Å²) in [4.78, 5) is 14.6. The predicted octanol–water partition coefficient (Wildman–Crippen LogP) is 1.34. The molecule has 1 unspecified atom stereocenters. The van der Waals surface area contributed by atoms with Gasteiger partial charge in [-0.2, -0.15) is 0 Å². The highest BCUT2D eigenvalue weighted by Crippen LogP contribution is 2.23. The molecule has 1 aromatic heterocycles. The molecular weight excluding hydrogens is 272 g/mol. The van der Waals surface area contributed by atoms with E-state index in [0.29, 0.717) is 0 Å². The monoisotopic (exact) mass is 290 g/mol. The van der Waals surface area contributed by atoms with Gasteiger partial charge in [-0.15, -0.1) is 11.3 Å². The SMILES string of the molecule is CC(c1cccs1)N(C)C(=O)CCCS(N)(=O)=O. The van der Waals surface area contributed by atoms with Crippen molar-refractivity contribution in [1.82, 2.24) is 4.90 Å². The van der Waals surface area contributed by atoms with Crippen molar-refractivity contribution in [2.75, 3.05) is 12.8 Å². The largest absolute Gasteiger partial charge is 0.338 e. The molecule has 1 atom stereocenters. The second-order valence-corrected chi connectivity index (χ2v) is 6.88. The molecule has 0 aromatic carbocycles. The lowest BCUT2D eigenvalue weighted by molar-refractivity contribution is -0.131. The first-order chi connectivity index (χ1) is 8.31. The Morgan fingerprint density at radius 2 is 2.22 bits per heavy atom. The molecule has 102 valence electrons. The van der Waals surface area contributed by atoms with Crippen LogP contribution in [0.4, 0.5) is 0 Å². The van der Waals surface area contributed by atoms with Gasteiger partial charge in [0.05, 0.1) is 11.8 Å². The third-order valence-electron chi connectivity index (χ3n) is 2.75. The standard InChI is InChI=1S/C11H18N2O3S2/c1-9(10-5-3-7-17-10)13(2)11(14)6-4-8-18(12,15)16/h3,5,7,9H,4,6,8H2,1-2H3,(H2,12,15,16). The maximum Gasteiger partial charge on any atom is 0.222 e. The fourth-order valence-electron chi connectivity index (χ4n) is 1.54. The Bertz CT molecular complexity index is 482. The van der Waals surface area contributed by atoms with E-state index in [0.717, 1.165) is 4.88 Å². The molecule has 0 aliphatic rings. The van der Waals surface area contributed by atoms with E-state index in [2.05, 4.69) is 0 Å². The van der Waals surface area contributed by atoms with E-state index in [9.17, 15) is 13.2 Å². The molecule has 0 saturated carbocycles. The molecular formula is C11H18N2O3S2. The van der Waals surface area contributed by atoms with Crippen molar-refractivity contribution in [1.29, 1.82) is 0 Å². The maximum atomic E-state index is 11.9. The third kappa shape index (κ3) is 4.75.